The Hall–Kier alpha value is -2.95. The third kappa shape index (κ3) is 4.77. The van der Waals surface area contributed by atoms with E-state index in [1.165, 1.54) is 28.6 Å². The van der Waals surface area contributed by atoms with Crippen molar-refractivity contribution in [3.63, 3.8) is 0 Å². The standard InChI is InChI=1S/C21H21ClN4O5S/c1-30-17-6-2-4-14(12-17)20-24-25-21(31-20)23-19(27)15-5-3-11-26(13-15)32(28,29)18-9-7-16(22)8-10-18/h2,4,6-10,12,15H,3,5,11,13H2,1H3,(H,23,25,27). The summed E-state index contributed by atoms with van der Waals surface area (Å²) in [5, 5.41) is 10.9. The second-order valence-corrected chi connectivity index (χ2v) is 9.66. The first-order chi connectivity index (χ1) is 15.4. The van der Waals surface area contributed by atoms with Crippen LogP contribution < -0.4 is 10.1 Å². The Kier molecular flexibility index (Phi) is 6.45. The highest BCUT2D eigenvalue weighted by atomic mass is 35.5. The number of hydrogen-bond acceptors (Lipinski definition) is 7. The van der Waals surface area contributed by atoms with Crippen LogP contribution in [0.25, 0.3) is 11.5 Å². The average molecular weight is 477 g/mol. The molecule has 0 radical (unpaired) electrons. The number of carbonyl (C=O) groups excluding carboxylic acids is 1. The molecule has 0 aliphatic carbocycles. The van der Waals surface area contributed by atoms with Crippen molar-refractivity contribution in [2.45, 2.75) is 17.7 Å². The van der Waals surface area contributed by atoms with E-state index < -0.39 is 15.9 Å². The van der Waals surface area contributed by atoms with Crippen molar-refractivity contribution >= 4 is 33.5 Å². The summed E-state index contributed by atoms with van der Waals surface area (Å²) in [6, 6.07) is 13.0. The van der Waals surface area contributed by atoms with Gasteiger partial charge in [-0.1, -0.05) is 22.8 Å². The zero-order valence-corrected chi connectivity index (χ0v) is 18.8. The Labute approximate surface area is 190 Å². The molecule has 1 unspecified atom stereocenters. The van der Waals surface area contributed by atoms with Crippen LogP contribution in [0.5, 0.6) is 5.75 Å². The molecule has 168 valence electrons. The summed E-state index contributed by atoms with van der Waals surface area (Å²) in [6.07, 6.45) is 1.11. The molecule has 1 atom stereocenters. The largest absolute Gasteiger partial charge is 0.497 e. The van der Waals surface area contributed by atoms with E-state index in [1.807, 2.05) is 0 Å². The van der Waals surface area contributed by atoms with Gasteiger partial charge in [-0.15, -0.1) is 5.10 Å². The minimum absolute atomic E-state index is 0.0505. The lowest BCUT2D eigenvalue weighted by Crippen LogP contribution is -2.43. The van der Waals surface area contributed by atoms with Crippen molar-refractivity contribution in [2.24, 2.45) is 5.92 Å². The molecule has 2 aromatic carbocycles. The van der Waals surface area contributed by atoms with E-state index >= 15 is 0 Å². The van der Waals surface area contributed by atoms with Crippen LogP contribution in [-0.4, -0.2) is 49.0 Å². The van der Waals surface area contributed by atoms with Crippen LogP contribution in [0.4, 0.5) is 6.01 Å². The predicted molar refractivity (Wildman–Crippen MR) is 118 cm³/mol. The molecule has 32 heavy (non-hydrogen) atoms. The number of hydrogen-bond donors (Lipinski definition) is 1. The highest BCUT2D eigenvalue weighted by Crippen LogP contribution is 2.27. The number of ether oxygens (including phenoxy) is 1. The number of halogens is 1. The zero-order chi connectivity index (χ0) is 22.7. The number of aromatic nitrogens is 2. The van der Waals surface area contributed by atoms with Crippen molar-refractivity contribution in [3.05, 3.63) is 53.6 Å². The number of methoxy groups -OCH3 is 1. The topological polar surface area (TPSA) is 115 Å². The van der Waals surface area contributed by atoms with E-state index in [2.05, 4.69) is 15.5 Å². The van der Waals surface area contributed by atoms with Crippen LogP contribution in [0.3, 0.4) is 0 Å². The second kappa shape index (κ2) is 9.27. The minimum Gasteiger partial charge on any atom is -0.497 e. The van der Waals surface area contributed by atoms with E-state index in [4.69, 9.17) is 20.8 Å². The molecule has 1 N–H and O–H groups in total. The van der Waals surface area contributed by atoms with Gasteiger partial charge in [-0.3, -0.25) is 10.1 Å². The van der Waals surface area contributed by atoms with Crippen LogP contribution >= 0.6 is 11.6 Å². The molecule has 1 amide bonds. The van der Waals surface area contributed by atoms with E-state index in [-0.39, 0.29) is 29.3 Å². The molecule has 1 aliphatic heterocycles. The second-order valence-electron chi connectivity index (χ2n) is 7.29. The fraction of sp³-hybridized carbons (Fsp3) is 0.286. The van der Waals surface area contributed by atoms with Gasteiger partial charge in [0.05, 0.1) is 17.9 Å². The van der Waals surface area contributed by atoms with Gasteiger partial charge < -0.3 is 9.15 Å². The molecule has 11 heteroatoms. The van der Waals surface area contributed by atoms with Crippen molar-refractivity contribution in [1.29, 1.82) is 0 Å². The number of sulfonamides is 1. The normalized spacial score (nSPS) is 17.1. The predicted octanol–water partition coefficient (Wildman–Crippen LogP) is 3.44. The summed E-state index contributed by atoms with van der Waals surface area (Å²) in [7, 11) is -2.17. The van der Waals surface area contributed by atoms with E-state index in [1.54, 1.807) is 31.4 Å². The number of benzene rings is 2. The van der Waals surface area contributed by atoms with Crippen LogP contribution in [-0.2, 0) is 14.8 Å². The quantitative estimate of drug-likeness (QED) is 0.579. The third-order valence-corrected chi connectivity index (χ3v) is 7.31. The molecule has 0 saturated carbocycles. The molecule has 1 fully saturated rings. The molecular formula is C21H21ClN4O5S. The Morgan fingerprint density at radius 2 is 2.00 bits per heavy atom. The van der Waals surface area contributed by atoms with Crippen LogP contribution in [0.1, 0.15) is 12.8 Å². The van der Waals surface area contributed by atoms with Gasteiger partial charge in [-0.2, -0.15) is 4.31 Å². The van der Waals surface area contributed by atoms with Gasteiger partial charge in [0.2, 0.25) is 21.8 Å². The number of nitrogens with one attached hydrogen (secondary N) is 1. The lowest BCUT2D eigenvalue weighted by atomic mass is 9.99. The highest BCUT2D eigenvalue weighted by Gasteiger charge is 2.33. The summed E-state index contributed by atoms with van der Waals surface area (Å²) in [6.45, 7) is 0.406. The van der Waals surface area contributed by atoms with Crippen molar-refractivity contribution in [1.82, 2.24) is 14.5 Å². The van der Waals surface area contributed by atoms with Crippen LogP contribution in [0, 0.1) is 5.92 Å². The number of nitrogens with zero attached hydrogens (tertiary/aromatic N) is 3. The SMILES string of the molecule is COc1cccc(-c2nnc(NC(=O)C3CCCN(S(=O)(=O)c4ccc(Cl)cc4)C3)o2)c1. The molecule has 9 nitrogen and oxygen atoms in total. The number of anilines is 1. The first-order valence-corrected chi connectivity index (χ1v) is 11.7. The monoisotopic (exact) mass is 476 g/mol. The Morgan fingerprint density at radius 1 is 1.22 bits per heavy atom. The van der Waals surface area contributed by atoms with Gasteiger partial charge in [-0.05, 0) is 55.3 Å². The Balaban J connectivity index is 1.44. The van der Waals surface area contributed by atoms with Gasteiger partial charge in [-0.25, -0.2) is 8.42 Å². The van der Waals surface area contributed by atoms with E-state index in [9.17, 15) is 13.2 Å². The summed E-state index contributed by atoms with van der Waals surface area (Å²) in [5.41, 5.74) is 0.648. The van der Waals surface area contributed by atoms with Crippen LogP contribution in [0.15, 0.2) is 57.8 Å². The molecular weight excluding hydrogens is 456 g/mol. The molecule has 1 aliphatic rings. The Morgan fingerprint density at radius 3 is 2.75 bits per heavy atom. The van der Waals surface area contributed by atoms with Gasteiger partial charge in [0, 0.05) is 23.7 Å². The summed E-state index contributed by atoms with van der Waals surface area (Å²) in [4.78, 5) is 12.9. The summed E-state index contributed by atoms with van der Waals surface area (Å²) < 4.78 is 37.9. The molecule has 1 saturated heterocycles. The first-order valence-electron chi connectivity index (χ1n) is 9.91. The molecule has 4 rings (SSSR count). The smallest absolute Gasteiger partial charge is 0.322 e. The fourth-order valence-electron chi connectivity index (χ4n) is 3.48. The van der Waals surface area contributed by atoms with Crippen LogP contribution in [0.2, 0.25) is 5.02 Å². The molecule has 2 heterocycles. The molecule has 0 spiro atoms. The number of amides is 1. The highest BCUT2D eigenvalue weighted by molar-refractivity contribution is 7.89. The summed E-state index contributed by atoms with van der Waals surface area (Å²) >= 11 is 5.86. The maximum absolute atomic E-state index is 12.9. The number of carbonyl (C=O) groups is 1. The van der Waals surface area contributed by atoms with E-state index in [0.29, 0.717) is 35.7 Å². The fourth-order valence-corrected chi connectivity index (χ4v) is 5.13. The minimum atomic E-state index is -3.73. The van der Waals surface area contributed by atoms with Crippen molar-refractivity contribution in [3.8, 4) is 17.2 Å². The zero-order valence-electron chi connectivity index (χ0n) is 17.2. The van der Waals surface area contributed by atoms with Gasteiger partial charge >= 0.3 is 6.01 Å². The molecule has 3 aromatic rings. The Bertz CT molecular complexity index is 1210. The lowest BCUT2D eigenvalue weighted by Gasteiger charge is -2.30. The third-order valence-electron chi connectivity index (χ3n) is 5.18. The van der Waals surface area contributed by atoms with Gasteiger partial charge in [0.15, 0.2) is 0 Å². The van der Waals surface area contributed by atoms with Crippen molar-refractivity contribution < 1.29 is 22.4 Å². The average Bonchev–Trinajstić information content (AvgIpc) is 3.28. The summed E-state index contributed by atoms with van der Waals surface area (Å²) in [5.74, 6) is -0.0508. The van der Waals surface area contributed by atoms with E-state index in [0.717, 1.165) is 0 Å². The maximum atomic E-state index is 12.9. The number of piperidine rings is 1. The maximum Gasteiger partial charge on any atom is 0.322 e. The van der Waals surface area contributed by atoms with Crippen molar-refractivity contribution in [2.75, 3.05) is 25.5 Å². The molecule has 0 bridgehead atoms. The number of rotatable bonds is 6. The van der Waals surface area contributed by atoms with Gasteiger partial charge in [0.1, 0.15) is 5.75 Å². The molecule has 1 aromatic heterocycles. The first kappa shape index (κ1) is 22.3. The lowest BCUT2D eigenvalue weighted by molar-refractivity contribution is -0.121. The van der Waals surface area contributed by atoms with Gasteiger partial charge in [0.25, 0.3) is 0 Å².